The Kier molecular flexibility index (Phi) is 2.51. The van der Waals surface area contributed by atoms with Gasteiger partial charge in [0, 0.05) is 0 Å². The molecule has 2 heteroatoms. The van der Waals surface area contributed by atoms with Gasteiger partial charge in [-0.25, -0.2) is 0 Å². The largest absolute Gasteiger partial charge is 0.196 e. The van der Waals surface area contributed by atoms with Gasteiger partial charge in [0.1, 0.15) is 5.38 Å². The van der Waals surface area contributed by atoms with E-state index >= 15 is 0 Å². The first-order valence-electron chi connectivity index (χ1n) is 3.34. The standard InChI is InChI=1S/C9H8ClN/c1-7-2-4-8(5-3-7)9(10)6-11/h2-5,9H,1H3/t9-/m0/s1. The summed E-state index contributed by atoms with van der Waals surface area (Å²) in [6, 6.07) is 9.60. The average Bonchev–Trinajstić information content (AvgIpc) is 2.05. The van der Waals surface area contributed by atoms with Gasteiger partial charge in [-0.2, -0.15) is 5.26 Å². The fourth-order valence-electron chi connectivity index (χ4n) is 0.810. The van der Waals surface area contributed by atoms with E-state index in [0.717, 1.165) is 5.56 Å². The maximum Gasteiger partial charge on any atom is 0.145 e. The van der Waals surface area contributed by atoms with Crippen LogP contribution in [0, 0.1) is 18.3 Å². The van der Waals surface area contributed by atoms with Gasteiger partial charge in [-0.15, -0.1) is 11.6 Å². The Bertz CT molecular complexity index is 271. The minimum absolute atomic E-state index is 0.518. The van der Waals surface area contributed by atoms with Crippen molar-refractivity contribution in [2.75, 3.05) is 0 Å². The number of hydrogen-bond donors (Lipinski definition) is 0. The van der Waals surface area contributed by atoms with Crippen LogP contribution in [0.5, 0.6) is 0 Å². The summed E-state index contributed by atoms with van der Waals surface area (Å²) in [6.07, 6.45) is 0. The number of nitriles is 1. The summed E-state index contributed by atoms with van der Waals surface area (Å²) >= 11 is 5.68. The molecule has 0 bridgehead atoms. The predicted molar refractivity (Wildman–Crippen MR) is 45.4 cm³/mol. The molecule has 1 nitrogen and oxygen atoms in total. The molecule has 0 heterocycles. The fourth-order valence-corrected chi connectivity index (χ4v) is 0.955. The van der Waals surface area contributed by atoms with Crippen LogP contribution in [0.2, 0.25) is 0 Å². The molecular weight excluding hydrogens is 158 g/mol. The van der Waals surface area contributed by atoms with Crippen molar-refractivity contribution in [2.24, 2.45) is 0 Å². The molecule has 0 N–H and O–H groups in total. The topological polar surface area (TPSA) is 23.8 Å². The highest BCUT2D eigenvalue weighted by Gasteiger charge is 2.03. The van der Waals surface area contributed by atoms with Crippen LogP contribution in [0.15, 0.2) is 24.3 Å². The van der Waals surface area contributed by atoms with Gasteiger partial charge in [-0.05, 0) is 12.5 Å². The van der Waals surface area contributed by atoms with Crippen LogP contribution < -0.4 is 0 Å². The van der Waals surface area contributed by atoms with Crippen molar-refractivity contribution in [3.8, 4) is 6.07 Å². The molecule has 0 amide bonds. The summed E-state index contributed by atoms with van der Waals surface area (Å²) in [7, 11) is 0. The van der Waals surface area contributed by atoms with Crippen molar-refractivity contribution in [1.82, 2.24) is 0 Å². The van der Waals surface area contributed by atoms with Crippen molar-refractivity contribution in [2.45, 2.75) is 12.3 Å². The fraction of sp³-hybridized carbons (Fsp3) is 0.222. The highest BCUT2D eigenvalue weighted by Crippen LogP contribution is 2.18. The number of aryl methyl sites for hydroxylation is 1. The molecule has 0 saturated heterocycles. The molecule has 1 atom stereocenters. The van der Waals surface area contributed by atoms with Crippen LogP contribution >= 0.6 is 11.6 Å². The molecule has 56 valence electrons. The lowest BCUT2D eigenvalue weighted by Gasteiger charge is -1.99. The van der Waals surface area contributed by atoms with E-state index in [-0.39, 0.29) is 0 Å². The third kappa shape index (κ3) is 1.96. The van der Waals surface area contributed by atoms with Gasteiger partial charge in [0.2, 0.25) is 0 Å². The lowest BCUT2D eigenvalue weighted by molar-refractivity contribution is 1.20. The van der Waals surface area contributed by atoms with E-state index in [1.165, 1.54) is 5.56 Å². The Hall–Kier alpha value is -1.00. The monoisotopic (exact) mass is 165 g/mol. The van der Waals surface area contributed by atoms with Crippen LogP contribution in [0.25, 0.3) is 0 Å². The molecule has 11 heavy (non-hydrogen) atoms. The molecule has 1 aromatic rings. The van der Waals surface area contributed by atoms with Crippen molar-refractivity contribution in [3.63, 3.8) is 0 Å². The molecule has 0 radical (unpaired) electrons. The quantitative estimate of drug-likeness (QED) is 0.587. The van der Waals surface area contributed by atoms with Gasteiger partial charge in [-0.3, -0.25) is 0 Å². The Morgan fingerprint density at radius 2 is 1.91 bits per heavy atom. The van der Waals surface area contributed by atoms with Crippen molar-refractivity contribution in [1.29, 1.82) is 5.26 Å². The van der Waals surface area contributed by atoms with Crippen molar-refractivity contribution >= 4 is 11.6 Å². The first kappa shape index (κ1) is 8.10. The second-order valence-corrected chi connectivity index (χ2v) is 2.84. The lowest BCUT2D eigenvalue weighted by Crippen LogP contribution is -1.85. The Morgan fingerprint density at radius 3 is 2.36 bits per heavy atom. The highest BCUT2D eigenvalue weighted by molar-refractivity contribution is 6.22. The number of halogens is 1. The number of nitrogens with zero attached hydrogens (tertiary/aromatic N) is 1. The maximum absolute atomic E-state index is 8.48. The van der Waals surface area contributed by atoms with Gasteiger partial charge in [-0.1, -0.05) is 29.8 Å². The van der Waals surface area contributed by atoms with E-state index in [0.29, 0.717) is 0 Å². The third-order valence-electron chi connectivity index (χ3n) is 1.48. The van der Waals surface area contributed by atoms with Crippen molar-refractivity contribution < 1.29 is 0 Å². The lowest BCUT2D eigenvalue weighted by atomic mass is 10.1. The SMILES string of the molecule is Cc1ccc([C@@H](Cl)C#N)cc1. The Morgan fingerprint density at radius 1 is 1.36 bits per heavy atom. The first-order chi connectivity index (χ1) is 5.24. The van der Waals surface area contributed by atoms with Crippen LogP contribution in [-0.2, 0) is 0 Å². The third-order valence-corrected chi connectivity index (χ3v) is 1.83. The van der Waals surface area contributed by atoms with Gasteiger partial charge in [0.15, 0.2) is 0 Å². The molecular formula is C9H8ClN. The molecule has 0 saturated carbocycles. The van der Waals surface area contributed by atoms with Gasteiger partial charge in [0.25, 0.3) is 0 Å². The second kappa shape index (κ2) is 3.41. The van der Waals surface area contributed by atoms with E-state index in [4.69, 9.17) is 16.9 Å². The molecule has 0 unspecified atom stereocenters. The maximum atomic E-state index is 8.48. The van der Waals surface area contributed by atoms with E-state index in [1.807, 2.05) is 37.3 Å². The summed E-state index contributed by atoms with van der Waals surface area (Å²) in [5.74, 6) is 0. The van der Waals surface area contributed by atoms with E-state index in [1.54, 1.807) is 0 Å². The zero-order chi connectivity index (χ0) is 8.27. The molecule has 0 aromatic heterocycles. The molecule has 1 rings (SSSR count). The van der Waals surface area contributed by atoms with Crippen LogP contribution in [0.4, 0.5) is 0 Å². The van der Waals surface area contributed by atoms with E-state index in [9.17, 15) is 0 Å². The highest BCUT2D eigenvalue weighted by atomic mass is 35.5. The number of alkyl halides is 1. The smallest absolute Gasteiger partial charge is 0.145 e. The second-order valence-electron chi connectivity index (χ2n) is 2.40. The van der Waals surface area contributed by atoms with Gasteiger partial charge >= 0.3 is 0 Å². The van der Waals surface area contributed by atoms with E-state index in [2.05, 4.69) is 0 Å². The zero-order valence-electron chi connectivity index (χ0n) is 6.21. The van der Waals surface area contributed by atoms with Crippen molar-refractivity contribution in [3.05, 3.63) is 35.4 Å². The van der Waals surface area contributed by atoms with Crippen LogP contribution in [-0.4, -0.2) is 0 Å². The first-order valence-corrected chi connectivity index (χ1v) is 3.78. The Labute approximate surface area is 71.2 Å². The summed E-state index contributed by atoms with van der Waals surface area (Å²) < 4.78 is 0. The molecule has 0 fully saturated rings. The predicted octanol–water partition coefficient (Wildman–Crippen LogP) is 2.80. The zero-order valence-corrected chi connectivity index (χ0v) is 6.97. The summed E-state index contributed by atoms with van der Waals surface area (Å²) in [5.41, 5.74) is 2.04. The molecule has 1 aromatic carbocycles. The number of hydrogen-bond acceptors (Lipinski definition) is 1. The average molecular weight is 166 g/mol. The minimum Gasteiger partial charge on any atom is -0.196 e. The van der Waals surface area contributed by atoms with Gasteiger partial charge in [0.05, 0.1) is 6.07 Å². The summed E-state index contributed by atoms with van der Waals surface area (Å²) in [6.45, 7) is 2.00. The molecule has 0 aliphatic rings. The molecule has 0 spiro atoms. The number of rotatable bonds is 1. The van der Waals surface area contributed by atoms with Crippen LogP contribution in [0.1, 0.15) is 16.5 Å². The van der Waals surface area contributed by atoms with Crippen LogP contribution in [0.3, 0.4) is 0 Å². The molecule has 0 aliphatic carbocycles. The Balaban J connectivity index is 2.92. The molecule has 0 aliphatic heterocycles. The number of benzene rings is 1. The normalized spacial score (nSPS) is 12.1. The van der Waals surface area contributed by atoms with Gasteiger partial charge < -0.3 is 0 Å². The minimum atomic E-state index is -0.518. The summed E-state index contributed by atoms with van der Waals surface area (Å²) in [4.78, 5) is 0. The summed E-state index contributed by atoms with van der Waals surface area (Å²) in [5, 5.41) is 7.96. The van der Waals surface area contributed by atoms with E-state index < -0.39 is 5.38 Å².